The minimum absolute atomic E-state index is 0.100. The molecule has 0 spiro atoms. The maximum atomic E-state index is 13.1. The Kier molecular flexibility index (Phi) is 6.44. The molecule has 1 aromatic heterocycles. The number of aromatic nitrogens is 2. The predicted molar refractivity (Wildman–Crippen MR) is 125 cm³/mol. The van der Waals surface area contributed by atoms with Crippen LogP contribution >= 0.6 is 11.6 Å². The van der Waals surface area contributed by atoms with E-state index >= 15 is 0 Å². The monoisotopic (exact) mass is 436 g/mol. The van der Waals surface area contributed by atoms with Crippen molar-refractivity contribution in [1.29, 1.82) is 0 Å². The first-order valence-electron chi connectivity index (χ1n) is 10.8. The molecule has 0 unspecified atom stereocenters. The molecule has 31 heavy (non-hydrogen) atoms. The van der Waals surface area contributed by atoms with Crippen LogP contribution in [0.4, 0.5) is 0 Å². The average molecular weight is 437 g/mol. The summed E-state index contributed by atoms with van der Waals surface area (Å²) >= 11 is 6.27. The summed E-state index contributed by atoms with van der Waals surface area (Å²) in [6, 6.07) is 16.5. The van der Waals surface area contributed by atoms with Crippen molar-refractivity contribution < 1.29 is 4.79 Å². The van der Waals surface area contributed by atoms with Crippen molar-refractivity contribution in [2.45, 2.75) is 33.9 Å². The summed E-state index contributed by atoms with van der Waals surface area (Å²) < 4.78 is 1.89. The van der Waals surface area contributed by atoms with E-state index in [2.05, 4.69) is 41.2 Å². The fourth-order valence-corrected chi connectivity index (χ4v) is 4.18. The van der Waals surface area contributed by atoms with Gasteiger partial charge in [0.25, 0.3) is 5.91 Å². The Labute approximate surface area is 189 Å². The largest absolute Gasteiger partial charge is 0.336 e. The summed E-state index contributed by atoms with van der Waals surface area (Å²) in [4.78, 5) is 17.5. The Morgan fingerprint density at radius 1 is 0.935 bits per heavy atom. The lowest BCUT2D eigenvalue weighted by molar-refractivity contribution is 0.0628. The zero-order chi connectivity index (χ0) is 22.0. The van der Waals surface area contributed by atoms with Crippen LogP contribution in [0.25, 0.3) is 0 Å². The third-order valence-corrected chi connectivity index (χ3v) is 6.53. The van der Waals surface area contributed by atoms with E-state index in [1.165, 1.54) is 11.1 Å². The van der Waals surface area contributed by atoms with Crippen molar-refractivity contribution in [2.75, 3.05) is 26.2 Å². The number of hydrogen-bond donors (Lipinski definition) is 0. The number of halogens is 1. The fraction of sp³-hybridized carbons (Fsp3) is 0.360. The first kappa shape index (κ1) is 21.6. The Morgan fingerprint density at radius 2 is 1.65 bits per heavy atom. The maximum Gasteiger partial charge on any atom is 0.253 e. The number of hydrogen-bond acceptors (Lipinski definition) is 3. The molecule has 162 valence electrons. The molecule has 6 heteroatoms. The SMILES string of the molecule is Cc1ccc(CN2CCN(C(=O)c3cccc(Cn4nc(C)c(Cl)c4C)c3)CC2)cc1. The van der Waals surface area contributed by atoms with E-state index in [0.29, 0.717) is 11.6 Å². The molecule has 0 bridgehead atoms. The van der Waals surface area contributed by atoms with E-state index in [-0.39, 0.29) is 5.91 Å². The third-order valence-electron chi connectivity index (χ3n) is 5.99. The van der Waals surface area contributed by atoms with E-state index in [1.54, 1.807) is 0 Å². The lowest BCUT2D eigenvalue weighted by Gasteiger charge is -2.35. The van der Waals surface area contributed by atoms with Crippen molar-refractivity contribution in [2.24, 2.45) is 0 Å². The van der Waals surface area contributed by atoms with Gasteiger partial charge in [-0.25, -0.2) is 0 Å². The molecule has 2 heterocycles. The van der Waals surface area contributed by atoms with Gasteiger partial charge in [-0.3, -0.25) is 14.4 Å². The number of amides is 1. The normalized spacial score (nSPS) is 14.8. The molecule has 3 aromatic rings. The van der Waals surface area contributed by atoms with E-state index in [1.807, 2.05) is 47.7 Å². The minimum Gasteiger partial charge on any atom is -0.336 e. The summed E-state index contributed by atoms with van der Waals surface area (Å²) in [6.07, 6.45) is 0. The van der Waals surface area contributed by atoms with Crippen LogP contribution in [0.1, 0.15) is 38.4 Å². The topological polar surface area (TPSA) is 41.4 Å². The van der Waals surface area contributed by atoms with Gasteiger partial charge >= 0.3 is 0 Å². The van der Waals surface area contributed by atoms with Crippen LogP contribution < -0.4 is 0 Å². The summed E-state index contributed by atoms with van der Waals surface area (Å²) in [5.41, 5.74) is 6.16. The average Bonchev–Trinajstić information content (AvgIpc) is 3.02. The highest BCUT2D eigenvalue weighted by Gasteiger charge is 2.22. The lowest BCUT2D eigenvalue weighted by Crippen LogP contribution is -2.48. The molecule has 1 amide bonds. The lowest BCUT2D eigenvalue weighted by atomic mass is 10.1. The van der Waals surface area contributed by atoms with Gasteiger partial charge in [0.2, 0.25) is 0 Å². The van der Waals surface area contributed by atoms with Crippen molar-refractivity contribution in [1.82, 2.24) is 19.6 Å². The van der Waals surface area contributed by atoms with Crippen molar-refractivity contribution in [3.63, 3.8) is 0 Å². The van der Waals surface area contributed by atoms with Gasteiger partial charge in [0.15, 0.2) is 0 Å². The zero-order valence-electron chi connectivity index (χ0n) is 18.4. The predicted octanol–water partition coefficient (Wildman–Crippen LogP) is 4.47. The molecule has 0 saturated carbocycles. The molecule has 0 radical (unpaired) electrons. The molecule has 0 atom stereocenters. The van der Waals surface area contributed by atoms with Gasteiger partial charge in [-0.15, -0.1) is 0 Å². The van der Waals surface area contributed by atoms with E-state index in [4.69, 9.17) is 11.6 Å². The Bertz CT molecular complexity index is 1070. The first-order chi connectivity index (χ1) is 14.9. The molecule has 1 aliphatic heterocycles. The second kappa shape index (κ2) is 9.25. The highest BCUT2D eigenvalue weighted by molar-refractivity contribution is 6.31. The van der Waals surface area contributed by atoms with Crippen LogP contribution in [0, 0.1) is 20.8 Å². The van der Waals surface area contributed by atoms with Crippen LogP contribution in [-0.4, -0.2) is 51.7 Å². The molecule has 1 saturated heterocycles. The molecule has 2 aromatic carbocycles. The van der Waals surface area contributed by atoms with Crippen molar-refractivity contribution in [3.8, 4) is 0 Å². The zero-order valence-corrected chi connectivity index (χ0v) is 19.2. The second-order valence-electron chi connectivity index (χ2n) is 8.40. The minimum atomic E-state index is 0.100. The fourth-order valence-electron chi connectivity index (χ4n) is 4.05. The van der Waals surface area contributed by atoms with Gasteiger partial charge in [-0.1, -0.05) is 53.6 Å². The number of nitrogens with zero attached hydrogens (tertiary/aromatic N) is 4. The number of carbonyl (C=O) groups excluding carboxylic acids is 1. The van der Waals surface area contributed by atoms with Gasteiger partial charge in [0, 0.05) is 38.3 Å². The van der Waals surface area contributed by atoms with Crippen LogP contribution in [0.2, 0.25) is 5.02 Å². The van der Waals surface area contributed by atoms with Crippen LogP contribution in [-0.2, 0) is 13.1 Å². The summed E-state index contributed by atoms with van der Waals surface area (Å²) in [6.45, 7) is 10.8. The first-order valence-corrected chi connectivity index (χ1v) is 11.1. The third kappa shape index (κ3) is 5.00. The van der Waals surface area contributed by atoms with Gasteiger partial charge < -0.3 is 4.90 Å². The summed E-state index contributed by atoms with van der Waals surface area (Å²) in [5.74, 6) is 0.100. The second-order valence-corrected chi connectivity index (χ2v) is 8.77. The van der Waals surface area contributed by atoms with Gasteiger partial charge in [0.05, 0.1) is 23.0 Å². The number of piperazine rings is 1. The van der Waals surface area contributed by atoms with E-state index < -0.39 is 0 Å². The Morgan fingerprint density at radius 3 is 2.29 bits per heavy atom. The summed E-state index contributed by atoms with van der Waals surface area (Å²) in [7, 11) is 0. The van der Waals surface area contributed by atoms with Crippen molar-refractivity contribution in [3.05, 3.63) is 87.2 Å². The molecule has 0 aliphatic carbocycles. The quantitative estimate of drug-likeness (QED) is 0.592. The highest BCUT2D eigenvalue weighted by atomic mass is 35.5. The molecule has 0 N–H and O–H groups in total. The molecular formula is C25H29ClN4O. The van der Waals surface area contributed by atoms with Crippen LogP contribution in [0.15, 0.2) is 48.5 Å². The summed E-state index contributed by atoms with van der Waals surface area (Å²) in [5, 5.41) is 5.21. The van der Waals surface area contributed by atoms with E-state index in [0.717, 1.165) is 55.2 Å². The van der Waals surface area contributed by atoms with Crippen LogP contribution in [0.3, 0.4) is 0 Å². The van der Waals surface area contributed by atoms with Gasteiger partial charge in [-0.05, 0) is 44.0 Å². The number of aryl methyl sites for hydroxylation is 2. The smallest absolute Gasteiger partial charge is 0.253 e. The van der Waals surface area contributed by atoms with E-state index in [9.17, 15) is 4.79 Å². The maximum absolute atomic E-state index is 13.1. The Balaban J connectivity index is 1.37. The number of carbonyl (C=O) groups is 1. The molecule has 4 rings (SSSR count). The number of rotatable bonds is 5. The van der Waals surface area contributed by atoms with Gasteiger partial charge in [-0.2, -0.15) is 5.10 Å². The molecular weight excluding hydrogens is 408 g/mol. The Hall–Kier alpha value is -2.63. The van der Waals surface area contributed by atoms with Gasteiger partial charge in [0.1, 0.15) is 0 Å². The molecule has 5 nitrogen and oxygen atoms in total. The molecule has 1 aliphatic rings. The molecule has 1 fully saturated rings. The van der Waals surface area contributed by atoms with Crippen molar-refractivity contribution >= 4 is 17.5 Å². The highest BCUT2D eigenvalue weighted by Crippen LogP contribution is 2.20. The standard InChI is InChI=1S/C25H29ClN4O/c1-18-7-9-21(10-8-18)16-28-11-13-29(14-12-28)25(31)23-6-4-5-22(15-23)17-30-20(3)24(26)19(2)27-30/h4-10,15H,11-14,16-17H2,1-3H3. The number of benzene rings is 2. The van der Waals surface area contributed by atoms with Crippen LogP contribution in [0.5, 0.6) is 0 Å².